The molecular formula is C13H20N2. The van der Waals surface area contributed by atoms with E-state index in [2.05, 4.69) is 42.9 Å². The van der Waals surface area contributed by atoms with Gasteiger partial charge in [0.1, 0.15) is 0 Å². The zero-order chi connectivity index (χ0) is 11.3. The van der Waals surface area contributed by atoms with Crippen LogP contribution in [0.1, 0.15) is 37.7 Å². The molecule has 2 heteroatoms. The van der Waals surface area contributed by atoms with Gasteiger partial charge in [-0.3, -0.25) is 4.98 Å². The molecule has 1 aromatic rings. The molecule has 0 aliphatic rings. The zero-order valence-electron chi connectivity index (χ0n) is 9.88. The molecule has 0 aromatic carbocycles. The van der Waals surface area contributed by atoms with Crippen LogP contribution in [0.3, 0.4) is 0 Å². The second kappa shape index (κ2) is 5.66. The maximum Gasteiger partial charge on any atom is 0.0579 e. The van der Waals surface area contributed by atoms with E-state index in [9.17, 15) is 0 Å². The predicted molar refractivity (Wildman–Crippen MR) is 64.8 cm³/mol. The normalized spacial score (nSPS) is 12.5. The zero-order valence-corrected chi connectivity index (χ0v) is 9.88. The topological polar surface area (TPSA) is 24.9 Å². The highest BCUT2D eigenvalue weighted by atomic mass is 14.9. The predicted octanol–water partition coefficient (Wildman–Crippen LogP) is 3.01. The first-order chi connectivity index (χ1) is 7.13. The first-order valence-electron chi connectivity index (χ1n) is 5.44. The summed E-state index contributed by atoms with van der Waals surface area (Å²) in [5, 5.41) is 3.43. The Morgan fingerprint density at radius 2 is 2.27 bits per heavy atom. The standard InChI is InChI=1S/C13H20N2/c1-5-14-13(9-10(2)3)12-8-6-7-11(4)15-12/h6-8,13-14H,2,5,9H2,1,3-4H3. The van der Waals surface area contributed by atoms with Crippen LogP contribution >= 0.6 is 0 Å². The maximum absolute atomic E-state index is 4.54. The Morgan fingerprint density at radius 3 is 2.80 bits per heavy atom. The third-order valence-corrected chi connectivity index (χ3v) is 2.27. The minimum Gasteiger partial charge on any atom is -0.309 e. The Labute approximate surface area is 92.4 Å². The summed E-state index contributed by atoms with van der Waals surface area (Å²) in [6, 6.07) is 6.45. The van der Waals surface area contributed by atoms with Gasteiger partial charge in [0, 0.05) is 5.69 Å². The average Bonchev–Trinajstić information content (AvgIpc) is 2.16. The Kier molecular flexibility index (Phi) is 4.50. The van der Waals surface area contributed by atoms with E-state index in [1.54, 1.807) is 0 Å². The van der Waals surface area contributed by atoms with Crippen molar-refractivity contribution in [3.05, 3.63) is 41.7 Å². The fraction of sp³-hybridized carbons (Fsp3) is 0.462. The van der Waals surface area contributed by atoms with Crippen LogP contribution in [0.15, 0.2) is 30.4 Å². The third-order valence-electron chi connectivity index (χ3n) is 2.27. The lowest BCUT2D eigenvalue weighted by atomic mass is 10.0. The lowest BCUT2D eigenvalue weighted by Gasteiger charge is -2.17. The van der Waals surface area contributed by atoms with Crippen LogP contribution in [0.25, 0.3) is 0 Å². The van der Waals surface area contributed by atoms with Gasteiger partial charge >= 0.3 is 0 Å². The Hall–Kier alpha value is -1.15. The average molecular weight is 204 g/mol. The van der Waals surface area contributed by atoms with Gasteiger partial charge in [0.2, 0.25) is 0 Å². The van der Waals surface area contributed by atoms with Gasteiger partial charge < -0.3 is 5.32 Å². The minimum absolute atomic E-state index is 0.299. The molecule has 2 nitrogen and oxygen atoms in total. The molecule has 1 unspecified atom stereocenters. The SMILES string of the molecule is C=C(C)CC(NCC)c1cccc(C)n1. The third kappa shape index (κ3) is 3.84. The van der Waals surface area contributed by atoms with Crippen molar-refractivity contribution in [1.82, 2.24) is 10.3 Å². The number of aromatic nitrogens is 1. The molecule has 82 valence electrons. The Bertz CT molecular complexity index is 331. The number of nitrogens with zero attached hydrogens (tertiary/aromatic N) is 1. The van der Waals surface area contributed by atoms with Gasteiger partial charge in [-0.1, -0.05) is 18.6 Å². The van der Waals surface area contributed by atoms with Crippen LogP contribution in [0.5, 0.6) is 0 Å². The lowest BCUT2D eigenvalue weighted by molar-refractivity contribution is 0.534. The van der Waals surface area contributed by atoms with Gasteiger partial charge in [-0.25, -0.2) is 0 Å². The summed E-state index contributed by atoms with van der Waals surface area (Å²) in [6.45, 7) is 11.1. The highest BCUT2D eigenvalue weighted by Gasteiger charge is 2.11. The Morgan fingerprint density at radius 1 is 1.53 bits per heavy atom. The van der Waals surface area contributed by atoms with Crippen molar-refractivity contribution in [3.63, 3.8) is 0 Å². The van der Waals surface area contributed by atoms with Crippen LogP contribution in [0.2, 0.25) is 0 Å². The first kappa shape index (κ1) is 11.9. The summed E-state index contributed by atoms with van der Waals surface area (Å²) in [5.74, 6) is 0. The van der Waals surface area contributed by atoms with Crippen molar-refractivity contribution in [3.8, 4) is 0 Å². The molecule has 0 saturated carbocycles. The molecule has 0 spiro atoms. The second-order valence-corrected chi connectivity index (χ2v) is 3.98. The van der Waals surface area contributed by atoms with Crippen LogP contribution < -0.4 is 5.32 Å². The fourth-order valence-electron chi connectivity index (χ4n) is 1.63. The van der Waals surface area contributed by atoms with E-state index in [4.69, 9.17) is 0 Å². The van der Waals surface area contributed by atoms with E-state index in [1.165, 1.54) is 5.57 Å². The summed E-state index contributed by atoms with van der Waals surface area (Å²) in [7, 11) is 0. The van der Waals surface area contributed by atoms with Gasteiger partial charge in [0.05, 0.1) is 11.7 Å². The lowest BCUT2D eigenvalue weighted by Crippen LogP contribution is -2.22. The van der Waals surface area contributed by atoms with E-state index >= 15 is 0 Å². The highest BCUT2D eigenvalue weighted by molar-refractivity contribution is 5.15. The minimum atomic E-state index is 0.299. The number of hydrogen-bond acceptors (Lipinski definition) is 2. The van der Waals surface area contributed by atoms with Crippen LogP contribution in [-0.2, 0) is 0 Å². The van der Waals surface area contributed by atoms with Gasteiger partial charge in [-0.2, -0.15) is 0 Å². The molecule has 1 N–H and O–H groups in total. The van der Waals surface area contributed by atoms with Crippen molar-refractivity contribution in [2.24, 2.45) is 0 Å². The maximum atomic E-state index is 4.54. The fourth-order valence-corrected chi connectivity index (χ4v) is 1.63. The molecule has 0 amide bonds. The summed E-state index contributed by atoms with van der Waals surface area (Å²) < 4.78 is 0. The van der Waals surface area contributed by atoms with Crippen LogP contribution in [-0.4, -0.2) is 11.5 Å². The molecule has 1 heterocycles. The van der Waals surface area contributed by atoms with Crippen molar-refractivity contribution in [2.45, 2.75) is 33.2 Å². The van der Waals surface area contributed by atoms with Gasteiger partial charge in [-0.15, -0.1) is 6.58 Å². The molecule has 15 heavy (non-hydrogen) atoms. The van der Waals surface area contributed by atoms with Crippen molar-refractivity contribution in [2.75, 3.05) is 6.54 Å². The molecule has 1 atom stereocenters. The number of hydrogen-bond donors (Lipinski definition) is 1. The number of aryl methyl sites for hydroxylation is 1. The number of rotatable bonds is 5. The molecule has 0 aliphatic carbocycles. The van der Waals surface area contributed by atoms with Crippen LogP contribution in [0.4, 0.5) is 0 Å². The van der Waals surface area contributed by atoms with Crippen molar-refractivity contribution < 1.29 is 0 Å². The van der Waals surface area contributed by atoms with E-state index < -0.39 is 0 Å². The quantitative estimate of drug-likeness (QED) is 0.746. The summed E-state index contributed by atoms with van der Waals surface area (Å²) in [4.78, 5) is 4.54. The molecule has 1 rings (SSSR count). The van der Waals surface area contributed by atoms with Gasteiger partial charge in [0.25, 0.3) is 0 Å². The van der Waals surface area contributed by atoms with Gasteiger partial charge in [-0.05, 0) is 38.9 Å². The molecular weight excluding hydrogens is 184 g/mol. The van der Waals surface area contributed by atoms with Gasteiger partial charge in [0.15, 0.2) is 0 Å². The smallest absolute Gasteiger partial charge is 0.0579 e. The first-order valence-corrected chi connectivity index (χ1v) is 5.44. The highest BCUT2D eigenvalue weighted by Crippen LogP contribution is 2.18. The molecule has 0 aliphatic heterocycles. The number of nitrogens with one attached hydrogen (secondary N) is 1. The van der Waals surface area contributed by atoms with E-state index in [0.717, 1.165) is 24.4 Å². The van der Waals surface area contributed by atoms with E-state index in [-0.39, 0.29) is 0 Å². The largest absolute Gasteiger partial charge is 0.309 e. The van der Waals surface area contributed by atoms with Crippen molar-refractivity contribution >= 4 is 0 Å². The Balaban J connectivity index is 2.83. The summed E-state index contributed by atoms with van der Waals surface area (Å²) in [6.07, 6.45) is 0.949. The van der Waals surface area contributed by atoms with E-state index in [1.807, 2.05) is 13.0 Å². The summed E-state index contributed by atoms with van der Waals surface area (Å²) >= 11 is 0. The number of pyridine rings is 1. The van der Waals surface area contributed by atoms with Crippen LogP contribution in [0, 0.1) is 6.92 Å². The molecule has 0 fully saturated rings. The molecule has 0 bridgehead atoms. The molecule has 1 aromatic heterocycles. The molecule has 0 radical (unpaired) electrons. The van der Waals surface area contributed by atoms with E-state index in [0.29, 0.717) is 6.04 Å². The second-order valence-electron chi connectivity index (χ2n) is 3.98. The summed E-state index contributed by atoms with van der Waals surface area (Å²) in [5.41, 5.74) is 3.36. The molecule has 0 saturated heterocycles. The monoisotopic (exact) mass is 204 g/mol. The van der Waals surface area contributed by atoms with Crippen molar-refractivity contribution in [1.29, 1.82) is 0 Å².